The van der Waals surface area contributed by atoms with Gasteiger partial charge in [0, 0.05) is 5.02 Å². The van der Waals surface area contributed by atoms with Crippen LogP contribution in [0.4, 0.5) is 0 Å². The number of hydrogen-bond donors (Lipinski definition) is 0. The lowest BCUT2D eigenvalue weighted by Gasteiger charge is -2.13. The number of halogens is 1. The Hall–Kier alpha value is -1.26. The van der Waals surface area contributed by atoms with Crippen molar-refractivity contribution in [3.63, 3.8) is 0 Å². The molecule has 1 aliphatic heterocycles. The Labute approximate surface area is 105 Å². The van der Waals surface area contributed by atoms with Gasteiger partial charge in [-0.1, -0.05) is 17.7 Å². The number of carbonyl (C=O) groups excluding carboxylic acids is 1. The first kappa shape index (κ1) is 12.2. The zero-order chi connectivity index (χ0) is 12.1. The number of hydrogen-bond acceptors (Lipinski definition) is 3. The highest BCUT2D eigenvalue weighted by Crippen LogP contribution is 2.17. The van der Waals surface area contributed by atoms with Gasteiger partial charge in [0.15, 0.2) is 0 Å². The molecule has 1 aliphatic rings. The van der Waals surface area contributed by atoms with Gasteiger partial charge in [0.1, 0.15) is 5.75 Å². The lowest BCUT2D eigenvalue weighted by atomic mass is 10.3. The van der Waals surface area contributed by atoms with E-state index in [1.165, 1.54) is 5.06 Å². The van der Waals surface area contributed by atoms with E-state index >= 15 is 0 Å². The first-order valence-corrected chi connectivity index (χ1v) is 5.95. The second kappa shape index (κ2) is 5.89. The maximum Gasteiger partial charge on any atom is 0.249 e. The molecule has 4 nitrogen and oxygen atoms in total. The summed E-state index contributed by atoms with van der Waals surface area (Å²) in [7, 11) is 0. The van der Waals surface area contributed by atoms with Gasteiger partial charge in [0.25, 0.3) is 0 Å². The molecular formula is C12H14ClNO3. The minimum Gasteiger partial charge on any atom is -0.493 e. The van der Waals surface area contributed by atoms with Gasteiger partial charge >= 0.3 is 0 Å². The van der Waals surface area contributed by atoms with Crippen LogP contribution in [0.3, 0.4) is 0 Å². The molecule has 0 aliphatic carbocycles. The summed E-state index contributed by atoms with van der Waals surface area (Å²) in [5, 5.41) is 2.03. The van der Waals surface area contributed by atoms with Gasteiger partial charge < -0.3 is 4.74 Å². The first-order chi connectivity index (χ1) is 8.25. The van der Waals surface area contributed by atoms with Crippen LogP contribution in [0, 0.1) is 0 Å². The highest BCUT2D eigenvalue weighted by Gasteiger charge is 2.18. The van der Waals surface area contributed by atoms with E-state index in [4.69, 9.17) is 21.2 Å². The number of carbonyl (C=O) groups is 1. The normalized spacial score (nSPS) is 15.0. The average Bonchev–Trinajstić information content (AvgIpc) is 2.82. The molecule has 17 heavy (non-hydrogen) atoms. The van der Waals surface area contributed by atoms with Crippen molar-refractivity contribution in [1.82, 2.24) is 5.06 Å². The Morgan fingerprint density at radius 2 is 2.41 bits per heavy atom. The van der Waals surface area contributed by atoms with Crippen LogP contribution in [0.1, 0.15) is 12.8 Å². The van der Waals surface area contributed by atoms with Crippen LogP contribution in [0.25, 0.3) is 0 Å². The van der Waals surface area contributed by atoms with Gasteiger partial charge in [-0.15, -0.1) is 0 Å². The Kier molecular flexibility index (Phi) is 4.23. The Morgan fingerprint density at radius 1 is 1.53 bits per heavy atom. The summed E-state index contributed by atoms with van der Waals surface area (Å²) in [5.41, 5.74) is 0. The van der Waals surface area contributed by atoms with Crippen molar-refractivity contribution in [2.24, 2.45) is 0 Å². The Balaban J connectivity index is 1.73. The topological polar surface area (TPSA) is 38.8 Å². The average molecular weight is 256 g/mol. The molecule has 92 valence electrons. The molecule has 0 aromatic heterocycles. The summed E-state index contributed by atoms with van der Waals surface area (Å²) in [4.78, 5) is 16.7. The zero-order valence-corrected chi connectivity index (χ0v) is 10.2. The highest BCUT2D eigenvalue weighted by atomic mass is 35.5. The van der Waals surface area contributed by atoms with Crippen molar-refractivity contribution in [2.45, 2.75) is 12.8 Å². The minimum absolute atomic E-state index is 0.0375. The maximum atomic E-state index is 11.6. The number of amides is 1. The second-order valence-corrected chi connectivity index (χ2v) is 4.17. The van der Waals surface area contributed by atoms with Gasteiger partial charge in [0.2, 0.25) is 5.91 Å². The molecule has 0 saturated carbocycles. The summed E-state index contributed by atoms with van der Waals surface area (Å²) in [6.07, 6.45) is 1.22. The van der Waals surface area contributed by atoms with Crippen molar-refractivity contribution in [2.75, 3.05) is 19.8 Å². The van der Waals surface area contributed by atoms with Crippen molar-refractivity contribution in [3.05, 3.63) is 29.3 Å². The van der Waals surface area contributed by atoms with Gasteiger partial charge in [-0.05, 0) is 24.6 Å². The maximum absolute atomic E-state index is 11.6. The van der Waals surface area contributed by atoms with Crippen molar-refractivity contribution >= 4 is 17.5 Å². The van der Waals surface area contributed by atoms with Crippen molar-refractivity contribution in [1.29, 1.82) is 0 Å². The molecule has 0 N–H and O–H groups in total. The Bertz CT molecular complexity index is 391. The van der Waals surface area contributed by atoms with Gasteiger partial charge in [-0.2, -0.15) is 0 Å². The van der Waals surface area contributed by atoms with Crippen molar-refractivity contribution in [3.8, 4) is 5.75 Å². The smallest absolute Gasteiger partial charge is 0.249 e. The van der Waals surface area contributed by atoms with E-state index in [1.807, 2.05) is 12.1 Å². The number of benzene rings is 1. The van der Waals surface area contributed by atoms with Crippen LogP contribution in [0.15, 0.2) is 24.3 Å². The SMILES string of the molecule is O=C(CCOc1cccc(Cl)c1)N1CCCO1. The van der Waals surface area contributed by atoms with Crippen LogP contribution in [0.2, 0.25) is 5.02 Å². The second-order valence-electron chi connectivity index (χ2n) is 3.74. The molecule has 0 spiro atoms. The lowest BCUT2D eigenvalue weighted by molar-refractivity contribution is -0.169. The summed E-state index contributed by atoms with van der Waals surface area (Å²) in [5.74, 6) is 0.636. The van der Waals surface area contributed by atoms with Crippen LogP contribution >= 0.6 is 11.6 Å². The molecule has 1 aromatic carbocycles. The van der Waals surface area contributed by atoms with Crippen LogP contribution in [0.5, 0.6) is 5.75 Å². The van der Waals surface area contributed by atoms with E-state index in [0.717, 1.165) is 6.42 Å². The molecule has 1 amide bonds. The molecule has 1 fully saturated rings. The summed E-state index contributed by atoms with van der Waals surface area (Å²) in [6.45, 7) is 1.63. The molecule has 0 atom stereocenters. The fraction of sp³-hybridized carbons (Fsp3) is 0.417. The predicted octanol–water partition coefficient (Wildman–Crippen LogP) is 2.27. The van der Waals surface area contributed by atoms with E-state index < -0.39 is 0 Å². The third-order valence-corrected chi connectivity index (χ3v) is 2.65. The largest absolute Gasteiger partial charge is 0.493 e. The Morgan fingerprint density at radius 3 is 3.12 bits per heavy atom. The van der Waals surface area contributed by atoms with E-state index in [0.29, 0.717) is 37.0 Å². The molecule has 2 rings (SSSR count). The molecule has 0 radical (unpaired) electrons. The molecule has 1 heterocycles. The number of ether oxygens (including phenoxy) is 1. The summed E-state index contributed by atoms with van der Waals surface area (Å²) < 4.78 is 5.43. The van der Waals surface area contributed by atoms with Crippen LogP contribution < -0.4 is 4.74 Å². The summed E-state index contributed by atoms with van der Waals surface area (Å²) in [6, 6.07) is 7.11. The fourth-order valence-electron chi connectivity index (χ4n) is 1.58. The first-order valence-electron chi connectivity index (χ1n) is 5.57. The van der Waals surface area contributed by atoms with Gasteiger partial charge in [-0.3, -0.25) is 9.63 Å². The van der Waals surface area contributed by atoms with Gasteiger partial charge in [0.05, 0.1) is 26.2 Å². The molecule has 0 bridgehead atoms. The third-order valence-electron chi connectivity index (χ3n) is 2.41. The van der Waals surface area contributed by atoms with Gasteiger partial charge in [-0.25, -0.2) is 5.06 Å². The molecule has 5 heteroatoms. The van der Waals surface area contributed by atoms with Crippen LogP contribution in [-0.4, -0.2) is 30.7 Å². The quantitative estimate of drug-likeness (QED) is 0.829. The number of rotatable bonds is 4. The number of nitrogens with zero attached hydrogens (tertiary/aromatic N) is 1. The molecule has 1 aromatic rings. The third kappa shape index (κ3) is 3.61. The summed E-state index contributed by atoms with van der Waals surface area (Å²) >= 11 is 5.81. The monoisotopic (exact) mass is 255 g/mol. The van der Waals surface area contributed by atoms with Crippen LogP contribution in [-0.2, 0) is 9.63 Å². The van der Waals surface area contributed by atoms with E-state index in [-0.39, 0.29) is 5.91 Å². The molecular weight excluding hydrogens is 242 g/mol. The lowest BCUT2D eigenvalue weighted by Crippen LogP contribution is -2.27. The van der Waals surface area contributed by atoms with E-state index in [1.54, 1.807) is 12.1 Å². The molecule has 0 unspecified atom stereocenters. The van der Waals surface area contributed by atoms with Crippen molar-refractivity contribution < 1.29 is 14.4 Å². The minimum atomic E-state index is -0.0375. The van der Waals surface area contributed by atoms with E-state index in [2.05, 4.69) is 0 Å². The fourth-order valence-corrected chi connectivity index (χ4v) is 1.76. The number of hydroxylamine groups is 2. The predicted molar refractivity (Wildman–Crippen MR) is 63.8 cm³/mol. The highest BCUT2D eigenvalue weighted by molar-refractivity contribution is 6.30. The molecule has 1 saturated heterocycles. The zero-order valence-electron chi connectivity index (χ0n) is 9.39. The standard InChI is InChI=1S/C12H14ClNO3/c13-10-3-1-4-11(9-10)16-8-5-12(15)14-6-2-7-17-14/h1,3-4,9H,2,5-8H2. The van der Waals surface area contributed by atoms with E-state index in [9.17, 15) is 4.79 Å².